The van der Waals surface area contributed by atoms with Crippen molar-refractivity contribution in [1.29, 1.82) is 0 Å². The summed E-state index contributed by atoms with van der Waals surface area (Å²) in [7, 11) is -1.26. The molecule has 1 unspecified atom stereocenters. The first kappa shape index (κ1) is 18.4. The molecule has 6 heteroatoms. The molecule has 1 N–H and O–H groups in total. The molecule has 1 aromatic carbocycles. The molecule has 0 bridgehead atoms. The summed E-state index contributed by atoms with van der Waals surface area (Å²) in [5, 5.41) is 0.582. The Hall–Kier alpha value is -0.580. The van der Waals surface area contributed by atoms with Crippen molar-refractivity contribution in [3.63, 3.8) is 0 Å². The van der Waals surface area contributed by atoms with Crippen molar-refractivity contribution < 1.29 is 9.00 Å². The summed E-state index contributed by atoms with van der Waals surface area (Å²) >= 11 is 11.9. The zero-order valence-corrected chi connectivity index (χ0v) is 13.9. The largest absolute Gasteiger partial charge is 0.302 e. The molecule has 0 saturated heterocycles. The van der Waals surface area contributed by atoms with Crippen molar-refractivity contribution in [3.05, 3.63) is 27.7 Å². The first-order valence-electron chi connectivity index (χ1n) is 5.99. The number of nitrogens with one attached hydrogen (secondary N) is 1. The number of ketones is 1. The molecule has 0 aliphatic carbocycles. The Morgan fingerprint density at radius 2 is 1.63 bits per heavy atom. The lowest BCUT2D eigenvalue weighted by Crippen LogP contribution is -2.04. The molecular weight excluding hydrogens is 305 g/mol. The molecule has 1 aromatic rings. The molecule has 0 fully saturated rings. The minimum atomic E-state index is -1.26. The van der Waals surface area contributed by atoms with Gasteiger partial charge in [0.15, 0.2) is 5.78 Å². The van der Waals surface area contributed by atoms with Crippen molar-refractivity contribution in [2.75, 3.05) is 11.0 Å². The highest BCUT2D eigenvalue weighted by Gasteiger charge is 2.12. The van der Waals surface area contributed by atoms with Crippen LogP contribution >= 0.6 is 23.2 Å². The summed E-state index contributed by atoms with van der Waals surface area (Å²) < 4.78 is 13.6. The molecule has 1 atom stereocenters. The van der Waals surface area contributed by atoms with Crippen LogP contribution in [0.5, 0.6) is 0 Å². The van der Waals surface area contributed by atoms with Gasteiger partial charge >= 0.3 is 0 Å². The second kappa shape index (κ2) is 9.34. The van der Waals surface area contributed by atoms with Crippen LogP contribution in [0.25, 0.3) is 0 Å². The van der Waals surface area contributed by atoms with Gasteiger partial charge < -0.3 is 4.72 Å². The molecule has 0 spiro atoms. The maximum atomic E-state index is 11.5. The second-order valence-corrected chi connectivity index (χ2v) is 5.78. The summed E-state index contributed by atoms with van der Waals surface area (Å²) in [5.41, 5.74) is 0.849. The SMILES string of the molecule is CCC.CCC(=O)c1cc(Cl)c(NS(C)=O)c(Cl)c1. The normalized spacial score (nSPS) is 11.3. The van der Waals surface area contributed by atoms with Crippen molar-refractivity contribution in [3.8, 4) is 0 Å². The lowest BCUT2D eigenvalue weighted by Gasteiger charge is -2.09. The molecule has 0 aliphatic heterocycles. The third-order valence-corrected chi connectivity index (χ3v) is 3.02. The van der Waals surface area contributed by atoms with E-state index in [2.05, 4.69) is 18.6 Å². The molecule has 1 rings (SSSR count). The van der Waals surface area contributed by atoms with Crippen molar-refractivity contribution in [2.45, 2.75) is 33.6 Å². The van der Waals surface area contributed by atoms with Crippen LogP contribution in [0.2, 0.25) is 10.0 Å². The topological polar surface area (TPSA) is 46.2 Å². The van der Waals surface area contributed by atoms with Crippen LogP contribution in [0.3, 0.4) is 0 Å². The Morgan fingerprint density at radius 3 is 1.95 bits per heavy atom. The maximum absolute atomic E-state index is 11.5. The highest BCUT2D eigenvalue weighted by Crippen LogP contribution is 2.32. The summed E-state index contributed by atoms with van der Waals surface area (Å²) in [6.07, 6.45) is 3.11. The number of benzene rings is 1. The quantitative estimate of drug-likeness (QED) is 0.816. The number of carbonyl (C=O) groups excluding carboxylic acids is 1. The Morgan fingerprint density at radius 1 is 1.21 bits per heavy atom. The van der Waals surface area contributed by atoms with E-state index in [0.717, 1.165) is 0 Å². The average Bonchev–Trinajstić information content (AvgIpc) is 2.33. The first-order chi connectivity index (χ1) is 8.87. The summed E-state index contributed by atoms with van der Waals surface area (Å²) in [4.78, 5) is 11.5. The van der Waals surface area contributed by atoms with Crippen LogP contribution in [-0.4, -0.2) is 16.2 Å². The molecule has 0 amide bonds. The lowest BCUT2D eigenvalue weighted by atomic mass is 10.1. The molecule has 0 radical (unpaired) electrons. The highest BCUT2D eigenvalue weighted by molar-refractivity contribution is 7.85. The molecule has 0 saturated carbocycles. The van der Waals surface area contributed by atoms with Gasteiger partial charge in [0.1, 0.15) is 11.0 Å². The minimum Gasteiger partial charge on any atom is -0.302 e. The van der Waals surface area contributed by atoms with Gasteiger partial charge in [-0.1, -0.05) is 50.4 Å². The van der Waals surface area contributed by atoms with Crippen LogP contribution in [-0.2, 0) is 11.0 Å². The zero-order chi connectivity index (χ0) is 15.0. The fourth-order valence-electron chi connectivity index (χ4n) is 1.18. The maximum Gasteiger partial charge on any atom is 0.162 e. The van der Waals surface area contributed by atoms with Gasteiger partial charge in [0.2, 0.25) is 0 Å². The fraction of sp³-hybridized carbons (Fsp3) is 0.462. The summed E-state index contributed by atoms with van der Waals surface area (Å²) in [5.74, 6) is -0.0343. The molecule has 0 heterocycles. The zero-order valence-electron chi connectivity index (χ0n) is 11.5. The van der Waals surface area contributed by atoms with Gasteiger partial charge in [-0.15, -0.1) is 0 Å². The van der Waals surface area contributed by atoms with Gasteiger partial charge in [0, 0.05) is 18.2 Å². The van der Waals surface area contributed by atoms with E-state index >= 15 is 0 Å². The predicted molar refractivity (Wildman–Crippen MR) is 84.7 cm³/mol. The van der Waals surface area contributed by atoms with Crippen LogP contribution < -0.4 is 4.72 Å². The minimum absolute atomic E-state index is 0.0343. The highest BCUT2D eigenvalue weighted by atomic mass is 35.5. The van der Waals surface area contributed by atoms with Gasteiger partial charge in [0.05, 0.1) is 15.7 Å². The van der Waals surface area contributed by atoms with Gasteiger partial charge in [0.25, 0.3) is 0 Å². The lowest BCUT2D eigenvalue weighted by molar-refractivity contribution is 0.0988. The van der Waals surface area contributed by atoms with E-state index in [9.17, 15) is 9.00 Å². The van der Waals surface area contributed by atoms with Gasteiger partial charge in [-0.05, 0) is 12.1 Å². The average molecular weight is 324 g/mol. The molecule has 108 valence electrons. The van der Waals surface area contributed by atoms with Gasteiger partial charge in [-0.3, -0.25) is 4.79 Å². The number of hydrogen-bond donors (Lipinski definition) is 1. The molecule has 3 nitrogen and oxygen atoms in total. The summed E-state index contributed by atoms with van der Waals surface area (Å²) in [6, 6.07) is 3.04. The molecular formula is C13H19Cl2NO2S. The van der Waals surface area contributed by atoms with Crippen molar-refractivity contribution in [2.24, 2.45) is 0 Å². The van der Waals surface area contributed by atoms with Crippen LogP contribution in [0, 0.1) is 0 Å². The monoisotopic (exact) mass is 323 g/mol. The van der Waals surface area contributed by atoms with Gasteiger partial charge in [-0.25, -0.2) is 4.21 Å². The Labute approximate surface area is 127 Å². The van der Waals surface area contributed by atoms with E-state index in [4.69, 9.17) is 23.2 Å². The van der Waals surface area contributed by atoms with E-state index in [0.29, 0.717) is 27.7 Å². The number of carbonyl (C=O) groups is 1. The smallest absolute Gasteiger partial charge is 0.162 e. The Balaban J connectivity index is 0.000000982. The molecule has 0 aliphatic rings. The number of Topliss-reactive ketones (excluding diaryl/α,β-unsaturated/α-hetero) is 1. The van der Waals surface area contributed by atoms with Crippen molar-refractivity contribution >= 4 is 45.7 Å². The number of rotatable bonds is 4. The van der Waals surface area contributed by atoms with E-state index in [1.807, 2.05) is 0 Å². The standard InChI is InChI=1S/C10H11Cl2NO2S.C3H8/c1-3-9(14)6-4-7(11)10(8(12)5-6)13-16(2)15;1-3-2/h4-5,13H,3H2,1-2H3;3H2,1-2H3. The fourth-order valence-corrected chi connectivity index (χ4v) is 2.38. The van der Waals surface area contributed by atoms with E-state index in [-0.39, 0.29) is 5.78 Å². The Bertz CT molecular complexity index is 441. The van der Waals surface area contributed by atoms with Gasteiger partial charge in [-0.2, -0.15) is 0 Å². The van der Waals surface area contributed by atoms with E-state index in [1.165, 1.54) is 24.8 Å². The predicted octanol–water partition coefficient (Wildman–Crippen LogP) is 4.71. The second-order valence-electron chi connectivity index (χ2n) is 3.85. The number of hydrogen-bond acceptors (Lipinski definition) is 2. The van der Waals surface area contributed by atoms with Crippen LogP contribution in [0.4, 0.5) is 5.69 Å². The first-order valence-corrected chi connectivity index (χ1v) is 8.30. The molecule has 19 heavy (non-hydrogen) atoms. The number of anilines is 1. The third kappa shape index (κ3) is 6.41. The van der Waals surface area contributed by atoms with E-state index in [1.54, 1.807) is 6.92 Å². The van der Waals surface area contributed by atoms with Crippen LogP contribution in [0.1, 0.15) is 44.0 Å². The third-order valence-electron chi connectivity index (χ3n) is 1.93. The summed E-state index contributed by atoms with van der Waals surface area (Å²) in [6.45, 7) is 6.01. The van der Waals surface area contributed by atoms with E-state index < -0.39 is 11.0 Å². The number of halogens is 2. The Kier molecular flexibility index (Phi) is 9.06. The van der Waals surface area contributed by atoms with Crippen molar-refractivity contribution in [1.82, 2.24) is 0 Å². The molecule has 0 aromatic heterocycles. The van der Waals surface area contributed by atoms with Crippen LogP contribution in [0.15, 0.2) is 12.1 Å².